The summed E-state index contributed by atoms with van der Waals surface area (Å²) < 4.78 is 4.09. The van der Waals surface area contributed by atoms with Crippen molar-refractivity contribution < 1.29 is 0 Å². The molecule has 3 aromatic heterocycles. The first kappa shape index (κ1) is 19.4. The molecule has 0 spiro atoms. The van der Waals surface area contributed by atoms with Gasteiger partial charge in [-0.05, 0) is 56.7 Å². The number of rotatable bonds is 8. The van der Waals surface area contributed by atoms with Gasteiger partial charge in [-0.3, -0.25) is 4.68 Å². The van der Waals surface area contributed by atoms with Gasteiger partial charge in [0.25, 0.3) is 0 Å². The van der Waals surface area contributed by atoms with Crippen molar-refractivity contribution in [1.29, 1.82) is 0 Å². The second-order valence-electron chi connectivity index (χ2n) is 8.94. The third kappa shape index (κ3) is 4.01. The number of piperidine rings is 1. The lowest BCUT2D eigenvalue weighted by Crippen LogP contribution is -2.31. The number of aromatic nitrogens is 5. The van der Waals surface area contributed by atoms with Crippen LogP contribution < -0.4 is 16.0 Å². The van der Waals surface area contributed by atoms with Gasteiger partial charge in [0.1, 0.15) is 11.6 Å². The van der Waals surface area contributed by atoms with Crippen LogP contribution in [0.15, 0.2) is 24.5 Å². The molecule has 2 fully saturated rings. The Labute approximate surface area is 177 Å². The van der Waals surface area contributed by atoms with Crippen LogP contribution >= 0.6 is 0 Å². The van der Waals surface area contributed by atoms with Crippen LogP contribution in [0.2, 0.25) is 0 Å². The Morgan fingerprint density at radius 2 is 1.97 bits per heavy atom. The van der Waals surface area contributed by atoms with Crippen LogP contribution in [-0.4, -0.2) is 44.0 Å². The summed E-state index contributed by atoms with van der Waals surface area (Å²) in [4.78, 5) is 4.92. The van der Waals surface area contributed by atoms with Crippen molar-refractivity contribution in [2.24, 2.45) is 5.92 Å². The quantitative estimate of drug-likeness (QED) is 0.530. The monoisotopic (exact) mass is 408 g/mol. The molecule has 0 radical (unpaired) electrons. The van der Waals surface area contributed by atoms with Crippen LogP contribution in [0.1, 0.15) is 62.7 Å². The summed E-state index contributed by atoms with van der Waals surface area (Å²) in [5, 5.41) is 19.8. The lowest BCUT2D eigenvalue weighted by atomic mass is 9.98. The molecule has 160 valence electrons. The molecule has 1 saturated carbocycles. The number of hydrogen-bond acceptors (Lipinski definition) is 6. The fourth-order valence-corrected chi connectivity index (χ4v) is 4.25. The van der Waals surface area contributed by atoms with E-state index in [1.165, 1.54) is 36.9 Å². The number of fused-ring (bicyclic) bond motifs is 1. The molecule has 0 unspecified atom stereocenters. The minimum atomic E-state index is 0.374. The van der Waals surface area contributed by atoms with Crippen LogP contribution in [0.3, 0.4) is 0 Å². The molecule has 1 aliphatic carbocycles. The third-order valence-corrected chi connectivity index (χ3v) is 6.25. The van der Waals surface area contributed by atoms with Crippen molar-refractivity contribution >= 4 is 17.3 Å². The normalized spacial score (nSPS) is 17.7. The van der Waals surface area contributed by atoms with E-state index in [1.54, 1.807) is 0 Å². The van der Waals surface area contributed by atoms with E-state index < -0.39 is 0 Å². The maximum absolute atomic E-state index is 4.92. The highest BCUT2D eigenvalue weighted by Crippen LogP contribution is 2.35. The van der Waals surface area contributed by atoms with Gasteiger partial charge in [-0.1, -0.05) is 13.8 Å². The second kappa shape index (κ2) is 8.26. The van der Waals surface area contributed by atoms with Gasteiger partial charge in [-0.15, -0.1) is 0 Å². The van der Waals surface area contributed by atoms with E-state index >= 15 is 0 Å². The maximum Gasteiger partial charge on any atom is 0.163 e. The molecule has 8 heteroatoms. The van der Waals surface area contributed by atoms with Gasteiger partial charge in [0, 0.05) is 24.4 Å². The Morgan fingerprint density at radius 3 is 2.73 bits per heavy atom. The van der Waals surface area contributed by atoms with Gasteiger partial charge in [-0.25, -0.2) is 4.98 Å². The van der Waals surface area contributed by atoms with E-state index in [-0.39, 0.29) is 0 Å². The van der Waals surface area contributed by atoms with Gasteiger partial charge in [0.05, 0.1) is 24.5 Å². The Balaban J connectivity index is 1.39. The number of nitrogens with zero attached hydrogens (tertiary/aromatic N) is 5. The summed E-state index contributed by atoms with van der Waals surface area (Å²) >= 11 is 0. The van der Waals surface area contributed by atoms with Crippen molar-refractivity contribution in [2.75, 3.05) is 30.3 Å². The van der Waals surface area contributed by atoms with Crippen molar-refractivity contribution in [3.63, 3.8) is 0 Å². The number of nitrogens with one attached hydrogen (secondary N) is 3. The molecule has 0 bridgehead atoms. The van der Waals surface area contributed by atoms with Gasteiger partial charge < -0.3 is 16.0 Å². The van der Waals surface area contributed by atoms with Crippen molar-refractivity contribution in [3.8, 4) is 0 Å². The average Bonchev–Trinajstić information content (AvgIpc) is 3.33. The number of hydrogen-bond donors (Lipinski definition) is 3. The lowest BCUT2D eigenvalue weighted by Gasteiger charge is -2.23. The zero-order chi connectivity index (χ0) is 20.5. The lowest BCUT2D eigenvalue weighted by molar-refractivity contribution is 0.389. The summed E-state index contributed by atoms with van der Waals surface area (Å²) in [5.41, 5.74) is 3.31. The van der Waals surface area contributed by atoms with Gasteiger partial charge in [0.15, 0.2) is 5.65 Å². The van der Waals surface area contributed by atoms with Crippen molar-refractivity contribution in [2.45, 2.75) is 58.0 Å². The molecule has 8 nitrogen and oxygen atoms in total. The summed E-state index contributed by atoms with van der Waals surface area (Å²) in [6, 6.07) is 4.76. The maximum atomic E-state index is 4.92. The Morgan fingerprint density at radius 1 is 1.13 bits per heavy atom. The van der Waals surface area contributed by atoms with Crippen LogP contribution in [-0.2, 0) is 6.54 Å². The molecule has 1 saturated heterocycles. The predicted octanol–water partition coefficient (Wildman–Crippen LogP) is 3.41. The summed E-state index contributed by atoms with van der Waals surface area (Å²) in [6.07, 6.45) is 8.74. The van der Waals surface area contributed by atoms with E-state index in [9.17, 15) is 0 Å². The summed E-state index contributed by atoms with van der Waals surface area (Å²) in [5.74, 6) is 2.95. The highest BCUT2D eigenvalue weighted by atomic mass is 15.3. The van der Waals surface area contributed by atoms with Crippen LogP contribution in [0.5, 0.6) is 0 Å². The molecule has 3 N–H and O–H groups in total. The Hall–Kier alpha value is -2.61. The molecule has 0 aromatic carbocycles. The highest BCUT2D eigenvalue weighted by Gasteiger charge is 2.26. The molecular formula is C22H32N8. The molecule has 30 heavy (non-hydrogen) atoms. The van der Waals surface area contributed by atoms with Crippen LogP contribution in [0.4, 0.5) is 11.6 Å². The predicted molar refractivity (Wildman–Crippen MR) is 119 cm³/mol. The van der Waals surface area contributed by atoms with E-state index in [0.717, 1.165) is 43.5 Å². The van der Waals surface area contributed by atoms with E-state index in [0.29, 0.717) is 17.9 Å². The second-order valence-corrected chi connectivity index (χ2v) is 8.94. The highest BCUT2D eigenvalue weighted by molar-refractivity contribution is 5.61. The molecule has 0 amide bonds. The van der Waals surface area contributed by atoms with Gasteiger partial charge in [-0.2, -0.15) is 14.7 Å². The van der Waals surface area contributed by atoms with Gasteiger partial charge in [0.2, 0.25) is 0 Å². The van der Waals surface area contributed by atoms with E-state index in [2.05, 4.69) is 56.8 Å². The molecule has 3 aromatic rings. The standard InChI is InChI=1S/C22H32N8/c1-15(2)19-14-27-30-21(25-13-18-7-10-26-29(18)17-3-4-17)11-20(28-22(19)30)24-12-16-5-8-23-9-6-16/h7,10-11,14-17,23,25H,3-6,8-9,12-13H2,1-2H3,(H,24,28). The van der Waals surface area contributed by atoms with E-state index in [1.807, 2.05) is 16.9 Å². The largest absolute Gasteiger partial charge is 0.370 e. The third-order valence-electron chi connectivity index (χ3n) is 6.25. The molecule has 5 rings (SSSR count). The molecule has 0 atom stereocenters. The minimum Gasteiger partial charge on any atom is -0.370 e. The number of anilines is 2. The van der Waals surface area contributed by atoms with Crippen LogP contribution in [0, 0.1) is 5.92 Å². The molecule has 2 aliphatic rings. The summed E-state index contributed by atoms with van der Waals surface area (Å²) in [6.45, 7) is 8.29. The zero-order valence-corrected chi connectivity index (χ0v) is 17.9. The first-order valence-corrected chi connectivity index (χ1v) is 11.3. The smallest absolute Gasteiger partial charge is 0.163 e. The SMILES string of the molecule is CC(C)c1cnn2c(NCc3ccnn3C3CC3)cc(NCC3CCNCC3)nc12. The zero-order valence-electron chi connectivity index (χ0n) is 17.9. The van der Waals surface area contributed by atoms with Crippen molar-refractivity contribution in [3.05, 3.63) is 35.8 Å². The van der Waals surface area contributed by atoms with Crippen LogP contribution in [0.25, 0.3) is 5.65 Å². The minimum absolute atomic E-state index is 0.374. The fraction of sp³-hybridized carbons (Fsp3) is 0.591. The fourth-order valence-electron chi connectivity index (χ4n) is 4.25. The first-order valence-electron chi connectivity index (χ1n) is 11.3. The Kier molecular flexibility index (Phi) is 5.33. The Bertz CT molecular complexity index is 994. The summed E-state index contributed by atoms with van der Waals surface area (Å²) in [7, 11) is 0. The molecular weight excluding hydrogens is 376 g/mol. The van der Waals surface area contributed by atoms with E-state index in [4.69, 9.17) is 4.98 Å². The van der Waals surface area contributed by atoms with Gasteiger partial charge >= 0.3 is 0 Å². The topological polar surface area (TPSA) is 84.1 Å². The molecule has 1 aliphatic heterocycles. The molecule has 4 heterocycles. The van der Waals surface area contributed by atoms with Crippen molar-refractivity contribution in [1.82, 2.24) is 29.7 Å². The first-order chi connectivity index (χ1) is 14.7. The average molecular weight is 409 g/mol.